The number of furan rings is 1. The van der Waals surface area contributed by atoms with Gasteiger partial charge in [0, 0.05) is 53.1 Å². The number of aliphatic hydroxyl groups is 1. The molecule has 0 saturated carbocycles. The van der Waals surface area contributed by atoms with E-state index in [9.17, 15) is 34.2 Å². The summed E-state index contributed by atoms with van der Waals surface area (Å²) in [5.41, 5.74) is 8.84. The van der Waals surface area contributed by atoms with Gasteiger partial charge in [-0.3, -0.25) is 33.5 Å². The predicted molar refractivity (Wildman–Crippen MR) is 306 cm³/mol. The molecular weight excluding hydrogens is 1060 g/mol. The van der Waals surface area contributed by atoms with Gasteiger partial charge in [0.2, 0.25) is 17.7 Å². The molecule has 418 valence electrons. The van der Waals surface area contributed by atoms with Crippen molar-refractivity contribution in [1.82, 2.24) is 40.6 Å². The zero-order valence-electron chi connectivity index (χ0n) is 46.2. The number of rotatable bonds is 16. The number of aryl methyl sites for hydroxylation is 3. The molecule has 0 aliphatic carbocycles. The van der Waals surface area contributed by atoms with E-state index in [1.54, 1.807) is 53.9 Å². The number of amides is 4. The fourth-order valence-corrected chi connectivity index (χ4v) is 12.8. The van der Waals surface area contributed by atoms with E-state index in [2.05, 4.69) is 49.9 Å². The molecule has 3 aromatic carbocycles. The Labute approximate surface area is 471 Å². The number of fused-ring (bicyclic) bond motifs is 4. The molecule has 7 heterocycles. The van der Waals surface area contributed by atoms with Crippen LogP contribution < -0.4 is 25.6 Å². The average molecular weight is 1120 g/mol. The van der Waals surface area contributed by atoms with Crippen LogP contribution >= 0.6 is 22.7 Å². The van der Waals surface area contributed by atoms with Crippen LogP contribution in [-0.2, 0) is 19.2 Å². The van der Waals surface area contributed by atoms with Crippen molar-refractivity contribution in [3.8, 4) is 21.2 Å². The number of hydrogen-bond acceptors (Lipinski definition) is 15. The van der Waals surface area contributed by atoms with Gasteiger partial charge in [0.1, 0.15) is 46.9 Å². The van der Waals surface area contributed by atoms with Gasteiger partial charge < -0.3 is 45.1 Å². The Hall–Kier alpha value is -7.75. The minimum atomic E-state index is -1.07. The maximum Gasteiger partial charge on any atom is 0.308 e. The number of aliphatic imine (C=N–C) groups is 1. The summed E-state index contributed by atoms with van der Waals surface area (Å²) >= 11 is 3.18. The molecule has 7 aromatic rings. The van der Waals surface area contributed by atoms with E-state index >= 15 is 0 Å². The zero-order valence-corrected chi connectivity index (χ0v) is 47.8. The molecular formula is C59H66N10O9S2. The molecule has 21 heteroatoms. The first-order valence-corrected chi connectivity index (χ1v) is 28.6. The van der Waals surface area contributed by atoms with Crippen LogP contribution in [0.1, 0.15) is 115 Å². The number of carbonyl (C=O) groups is 5. The van der Waals surface area contributed by atoms with Crippen LogP contribution in [0.2, 0.25) is 0 Å². The number of nitrogens with one attached hydrogen (secondary N) is 3. The zero-order chi connectivity index (χ0) is 56.9. The summed E-state index contributed by atoms with van der Waals surface area (Å²) in [6.45, 7) is 18.6. The highest BCUT2D eigenvalue weighted by atomic mass is 32.1. The van der Waals surface area contributed by atoms with Crippen molar-refractivity contribution in [3.63, 3.8) is 0 Å². The molecule has 0 bridgehead atoms. The van der Waals surface area contributed by atoms with Crippen molar-refractivity contribution in [2.45, 2.75) is 105 Å². The van der Waals surface area contributed by atoms with E-state index in [-0.39, 0.29) is 49.7 Å². The van der Waals surface area contributed by atoms with Gasteiger partial charge in [-0.25, -0.2) is 4.98 Å². The summed E-state index contributed by atoms with van der Waals surface area (Å²) in [5, 5.41) is 40.0. The van der Waals surface area contributed by atoms with Gasteiger partial charge in [0.15, 0.2) is 11.6 Å². The van der Waals surface area contributed by atoms with Crippen LogP contribution in [-0.4, -0.2) is 121 Å². The van der Waals surface area contributed by atoms with Crippen molar-refractivity contribution < 1.29 is 43.3 Å². The monoisotopic (exact) mass is 1120 g/mol. The largest absolute Gasteiger partial charge is 0.492 e. The molecule has 3 aliphatic rings. The third-order valence-electron chi connectivity index (χ3n) is 15.5. The van der Waals surface area contributed by atoms with E-state index in [0.717, 1.165) is 54.0 Å². The summed E-state index contributed by atoms with van der Waals surface area (Å²) in [6, 6.07) is 19.5. The topological polar surface area (TPSA) is 247 Å². The number of likely N-dealkylation sites (tertiary alicyclic amines) is 1. The fraction of sp³-hybridized carbons (Fsp3) is 0.407. The number of carboxylic acid groups (broad SMARTS) is 1. The lowest BCUT2D eigenvalue weighted by Gasteiger charge is -2.35. The maximum atomic E-state index is 14.4. The van der Waals surface area contributed by atoms with E-state index in [0.29, 0.717) is 53.6 Å². The number of carbonyl (C=O) groups excluding carboxylic acids is 4. The third kappa shape index (κ3) is 11.1. The molecule has 10 rings (SSSR count). The number of aliphatic carboxylic acids is 1. The number of β-amino-alcohol motifs (C(OH)–C–C–N with tert-alkyl or cyclic N) is 1. The molecule has 2 unspecified atom stereocenters. The Bertz CT molecular complexity index is 3540. The number of thiophene rings is 1. The Morgan fingerprint density at radius 3 is 2.34 bits per heavy atom. The summed E-state index contributed by atoms with van der Waals surface area (Å²) in [5.74, 6) is -1.97. The SMILES string of the molecule is Cc1ncsc1-c1ccc([C@H](C)NC(=O)[C@@H]2C[C@@H](O)CN2C(=O)[C@@H](NC(=O)c2cc3cc(OCCNC(=O)C4CCN(c5ccc(C6=N[C@@H](C(C)C(=O)O)c7nnc(C)n7-c7sc(C)c(C)c76)cc5)C4)ccc3o2)C(C)(C)C)cc1. The highest BCUT2D eigenvalue weighted by Crippen LogP contribution is 2.41. The standard InChI is InChI=1S/C59H66N10O9S2/c1-30-34(5)80-57-47(30)49(63-48(31(2)58(75)76)52-66-65-35(6)69(52)57)37-14-16-41(17-15-37)67-22-20-39(27-67)53(71)60-21-23-77-43-18-19-45-40(24-43)25-46(78-45)55(73)64-51(59(7,8)9)56(74)68-28-42(70)26-44(68)54(72)62-32(3)36-10-12-38(13-11-36)50-33(4)61-29-79-50/h10-19,24-25,29,31-32,39,42,44,48,51,70H,20-23,26-28H2,1-9H3,(H,60,71)(H,62,72)(H,64,73)(H,75,76)/t31?,32-,39?,42+,44-,48-,51+/m0/s1. The van der Waals surface area contributed by atoms with Crippen LogP contribution in [0.3, 0.4) is 0 Å². The first-order valence-electron chi connectivity index (χ1n) is 26.9. The number of carboxylic acids is 1. The lowest BCUT2D eigenvalue weighted by molar-refractivity contribution is -0.142. The molecule has 80 heavy (non-hydrogen) atoms. The second kappa shape index (κ2) is 22.4. The molecule has 4 amide bonds. The van der Waals surface area contributed by atoms with E-state index in [1.807, 2.05) is 100 Å². The van der Waals surface area contributed by atoms with E-state index in [4.69, 9.17) is 14.1 Å². The minimum Gasteiger partial charge on any atom is -0.492 e. The highest BCUT2D eigenvalue weighted by Gasteiger charge is 2.45. The second-order valence-corrected chi connectivity index (χ2v) is 24.2. The Balaban J connectivity index is 0.719. The van der Waals surface area contributed by atoms with Crippen molar-refractivity contribution in [3.05, 3.63) is 129 Å². The Morgan fingerprint density at radius 2 is 1.64 bits per heavy atom. The maximum absolute atomic E-state index is 14.4. The Morgan fingerprint density at radius 1 is 0.900 bits per heavy atom. The van der Waals surface area contributed by atoms with Gasteiger partial charge in [-0.2, -0.15) is 0 Å². The molecule has 0 spiro atoms. The number of aromatic nitrogens is 4. The number of benzene rings is 3. The first kappa shape index (κ1) is 55.6. The number of hydrogen-bond donors (Lipinski definition) is 5. The van der Waals surface area contributed by atoms with E-state index in [1.165, 1.54) is 4.90 Å². The highest BCUT2D eigenvalue weighted by molar-refractivity contribution is 7.15. The number of nitrogens with zero attached hydrogens (tertiary/aromatic N) is 7. The fourth-order valence-electron chi connectivity index (χ4n) is 10.8. The second-order valence-electron chi connectivity index (χ2n) is 22.2. The molecule has 4 aromatic heterocycles. The van der Waals surface area contributed by atoms with Gasteiger partial charge in [-0.1, -0.05) is 57.2 Å². The van der Waals surface area contributed by atoms with Gasteiger partial charge in [0.25, 0.3) is 5.91 Å². The van der Waals surface area contributed by atoms with Crippen molar-refractivity contribution >= 4 is 74.6 Å². The van der Waals surface area contributed by atoms with Gasteiger partial charge >= 0.3 is 5.97 Å². The lowest BCUT2D eigenvalue weighted by Crippen LogP contribution is -2.57. The molecule has 7 atom stereocenters. The summed E-state index contributed by atoms with van der Waals surface area (Å²) < 4.78 is 13.9. The molecule has 0 radical (unpaired) electrons. The average Bonchev–Trinajstić information content (AvgIpc) is 4.32. The van der Waals surface area contributed by atoms with Gasteiger partial charge in [-0.05, 0) is 106 Å². The Kier molecular flexibility index (Phi) is 15.6. The first-order chi connectivity index (χ1) is 38.1. The molecule has 2 fully saturated rings. The van der Waals surface area contributed by atoms with Crippen LogP contribution in [0, 0.1) is 44.9 Å². The lowest BCUT2D eigenvalue weighted by atomic mass is 9.85. The smallest absolute Gasteiger partial charge is 0.308 e. The molecule has 5 N–H and O–H groups in total. The predicted octanol–water partition coefficient (Wildman–Crippen LogP) is 8.05. The quantitative estimate of drug-likeness (QED) is 0.0576. The van der Waals surface area contributed by atoms with Crippen LogP contribution in [0.4, 0.5) is 5.69 Å². The van der Waals surface area contributed by atoms with Gasteiger partial charge in [0.05, 0.1) is 52.3 Å². The van der Waals surface area contributed by atoms with Crippen LogP contribution in [0.5, 0.6) is 5.75 Å². The number of aliphatic hydroxyl groups excluding tert-OH is 1. The molecule has 19 nitrogen and oxygen atoms in total. The number of ether oxygens (including phenoxy) is 1. The summed E-state index contributed by atoms with van der Waals surface area (Å²) in [4.78, 5) is 83.0. The summed E-state index contributed by atoms with van der Waals surface area (Å²) in [6.07, 6.45) is -0.195. The van der Waals surface area contributed by atoms with Gasteiger partial charge in [-0.15, -0.1) is 32.9 Å². The van der Waals surface area contributed by atoms with Crippen molar-refractivity contribution in [2.75, 3.05) is 37.7 Å². The van der Waals surface area contributed by atoms with Crippen LogP contribution in [0.15, 0.2) is 87.7 Å². The van der Waals surface area contributed by atoms with E-state index < -0.39 is 59.3 Å². The third-order valence-corrected chi connectivity index (χ3v) is 17.7. The van der Waals surface area contributed by atoms with Crippen molar-refractivity contribution in [1.29, 1.82) is 0 Å². The molecule has 3 aliphatic heterocycles. The van der Waals surface area contributed by atoms with Crippen molar-refractivity contribution in [2.24, 2.45) is 22.2 Å². The van der Waals surface area contributed by atoms with Crippen LogP contribution in [0.25, 0.3) is 26.4 Å². The summed E-state index contributed by atoms with van der Waals surface area (Å²) in [7, 11) is 0. The normalized spacial score (nSPS) is 19.1. The number of thiazole rings is 1. The molecule has 2 saturated heterocycles. The number of anilines is 1. The minimum absolute atomic E-state index is 0.0204.